The maximum atomic E-state index is 14.0. The number of rotatable bonds is 8. The van der Waals surface area contributed by atoms with Crippen LogP contribution in [0.4, 0.5) is 0 Å². The fraction of sp³-hybridized carbons (Fsp3) is 0.500. The number of hydrogen-bond donors (Lipinski definition) is 1. The standard InChI is InChI=1S/C36H44N4OS/c1-23-19-24(2)21-28(20-23)32-29(11-16-39-14-7-26(8-15-39)25-5-12-37-13-6-25)30-22-31(42-35(30)38-32)36(3,4)34(41)33-27-9-17-40(33)18-10-27/h5-6,12-13,19-22,26-27,33,38H,7-11,14-18H2,1-4H3. The molecule has 6 heterocycles. The van der Waals surface area contributed by atoms with E-state index in [9.17, 15) is 4.79 Å². The summed E-state index contributed by atoms with van der Waals surface area (Å²) in [7, 11) is 0. The van der Waals surface area contributed by atoms with Crippen LogP contribution in [0.5, 0.6) is 0 Å². The van der Waals surface area contributed by atoms with E-state index in [0.29, 0.717) is 17.6 Å². The molecule has 0 spiro atoms. The smallest absolute Gasteiger partial charge is 0.160 e. The van der Waals surface area contributed by atoms with Gasteiger partial charge in [0.25, 0.3) is 0 Å². The monoisotopic (exact) mass is 580 g/mol. The molecule has 1 unspecified atom stereocenters. The van der Waals surface area contributed by atoms with Gasteiger partial charge >= 0.3 is 0 Å². The van der Waals surface area contributed by atoms with E-state index in [4.69, 9.17) is 0 Å². The molecule has 6 heteroatoms. The van der Waals surface area contributed by atoms with Crippen LogP contribution in [-0.4, -0.2) is 64.3 Å². The number of hydrogen-bond acceptors (Lipinski definition) is 5. The summed E-state index contributed by atoms with van der Waals surface area (Å²) in [6.45, 7) is 14.2. The van der Waals surface area contributed by atoms with E-state index in [1.807, 2.05) is 12.4 Å². The molecule has 1 aromatic carbocycles. The highest BCUT2D eigenvalue weighted by molar-refractivity contribution is 7.19. The summed E-state index contributed by atoms with van der Waals surface area (Å²) in [6, 6.07) is 13.7. The van der Waals surface area contributed by atoms with Crippen LogP contribution in [0, 0.1) is 19.8 Å². The van der Waals surface area contributed by atoms with E-state index in [1.54, 1.807) is 11.3 Å². The summed E-state index contributed by atoms with van der Waals surface area (Å²) in [5, 5.41) is 1.31. The fourth-order valence-electron chi connectivity index (χ4n) is 8.04. The maximum absolute atomic E-state index is 14.0. The van der Waals surface area contributed by atoms with Crippen molar-refractivity contribution < 1.29 is 4.79 Å². The number of piperidine rings is 2. The Labute approximate surface area is 254 Å². The lowest BCUT2D eigenvalue weighted by Crippen LogP contribution is -2.43. The molecule has 3 fully saturated rings. The second-order valence-corrected chi connectivity index (χ2v) is 14.7. The third-order valence-electron chi connectivity index (χ3n) is 10.5. The number of carbonyl (C=O) groups excluding carboxylic acids is 1. The lowest BCUT2D eigenvalue weighted by molar-refractivity contribution is -0.127. The molecule has 3 aliphatic heterocycles. The molecule has 3 saturated heterocycles. The summed E-state index contributed by atoms with van der Waals surface area (Å²) in [5.74, 6) is 1.61. The molecule has 5 nitrogen and oxygen atoms in total. The minimum absolute atomic E-state index is 0.112. The number of H-pyrrole nitrogens is 1. The fourth-order valence-corrected chi connectivity index (χ4v) is 9.24. The Bertz CT molecular complexity index is 1550. The van der Waals surface area contributed by atoms with Crippen LogP contribution in [-0.2, 0) is 16.6 Å². The lowest BCUT2D eigenvalue weighted by Gasteiger charge is -2.32. The zero-order valence-corrected chi connectivity index (χ0v) is 26.4. The molecule has 0 aliphatic carbocycles. The second kappa shape index (κ2) is 11.0. The van der Waals surface area contributed by atoms with Crippen molar-refractivity contribution in [1.82, 2.24) is 19.8 Å². The summed E-state index contributed by atoms with van der Waals surface area (Å²) in [5.41, 5.74) is 7.47. The molecule has 7 rings (SSSR count). The van der Waals surface area contributed by atoms with Gasteiger partial charge in [0.1, 0.15) is 4.83 Å². The molecule has 220 valence electrons. The van der Waals surface area contributed by atoms with Gasteiger partial charge in [-0.1, -0.05) is 17.2 Å². The van der Waals surface area contributed by atoms with E-state index in [-0.39, 0.29) is 6.04 Å². The van der Waals surface area contributed by atoms with Crippen molar-refractivity contribution in [1.29, 1.82) is 0 Å². The highest BCUT2D eigenvalue weighted by Gasteiger charge is 2.49. The van der Waals surface area contributed by atoms with Crippen molar-refractivity contribution in [2.45, 2.75) is 77.2 Å². The third-order valence-corrected chi connectivity index (χ3v) is 11.8. The number of carbonyl (C=O) groups is 1. The molecule has 4 aromatic rings. The first kappa shape index (κ1) is 28.0. The van der Waals surface area contributed by atoms with Gasteiger partial charge in [0.2, 0.25) is 0 Å². The number of pyridine rings is 1. The van der Waals surface area contributed by atoms with Gasteiger partial charge < -0.3 is 9.88 Å². The van der Waals surface area contributed by atoms with E-state index < -0.39 is 5.41 Å². The zero-order valence-electron chi connectivity index (χ0n) is 25.6. The van der Waals surface area contributed by atoms with Crippen molar-refractivity contribution in [3.8, 4) is 11.3 Å². The molecule has 3 aliphatic rings. The number of likely N-dealkylation sites (tertiary alicyclic amines) is 1. The Hall–Kier alpha value is -2.80. The first-order chi connectivity index (χ1) is 20.3. The number of Topliss-reactive ketones (excluding diaryl/α,β-unsaturated/α-hetero) is 1. The maximum Gasteiger partial charge on any atom is 0.160 e. The lowest BCUT2D eigenvalue weighted by atomic mass is 9.79. The van der Waals surface area contributed by atoms with Gasteiger partial charge in [-0.15, -0.1) is 11.3 Å². The number of ketones is 1. The average Bonchev–Trinajstić information content (AvgIpc) is 3.76. The largest absolute Gasteiger partial charge is 0.346 e. The Balaban J connectivity index is 1.16. The molecular formula is C36H44N4OS. The minimum atomic E-state index is -0.480. The number of aromatic nitrogens is 2. The summed E-state index contributed by atoms with van der Waals surface area (Å²) in [4.78, 5) is 29.5. The minimum Gasteiger partial charge on any atom is -0.346 e. The first-order valence-corrected chi connectivity index (χ1v) is 16.7. The van der Waals surface area contributed by atoms with Crippen LogP contribution >= 0.6 is 11.3 Å². The van der Waals surface area contributed by atoms with Gasteiger partial charge in [-0.05, 0) is 145 Å². The molecule has 0 amide bonds. The van der Waals surface area contributed by atoms with E-state index in [2.05, 4.69) is 83.9 Å². The van der Waals surface area contributed by atoms with Crippen LogP contribution in [0.15, 0.2) is 48.8 Å². The van der Waals surface area contributed by atoms with E-state index in [0.717, 1.165) is 39.1 Å². The normalized spacial score (nSPS) is 23.3. The number of aryl methyl sites for hydroxylation is 2. The number of fused-ring (bicyclic) bond motifs is 3. The zero-order chi connectivity index (χ0) is 29.0. The molecule has 0 saturated carbocycles. The average molecular weight is 581 g/mol. The SMILES string of the molecule is Cc1cc(C)cc(-c2[nH]c3sc(C(C)(C)C(=O)C4C5CCN4CC5)cc3c2CCN2CCC(c3ccncc3)CC2)c1. The van der Waals surface area contributed by atoms with Crippen LogP contribution in [0.3, 0.4) is 0 Å². The first-order valence-electron chi connectivity index (χ1n) is 15.9. The Kier molecular flexibility index (Phi) is 7.36. The molecule has 1 atom stereocenters. The number of aromatic amines is 1. The summed E-state index contributed by atoms with van der Waals surface area (Å²) < 4.78 is 0. The molecule has 2 bridgehead atoms. The van der Waals surface area contributed by atoms with Crippen molar-refractivity contribution in [2.75, 3.05) is 32.7 Å². The van der Waals surface area contributed by atoms with Gasteiger partial charge in [-0.2, -0.15) is 0 Å². The van der Waals surface area contributed by atoms with Crippen LogP contribution in [0.2, 0.25) is 0 Å². The molecule has 0 radical (unpaired) electrons. The van der Waals surface area contributed by atoms with Crippen molar-refractivity contribution in [2.24, 2.45) is 5.92 Å². The predicted octanol–water partition coefficient (Wildman–Crippen LogP) is 7.27. The van der Waals surface area contributed by atoms with E-state index in [1.165, 1.54) is 74.3 Å². The molecule has 42 heavy (non-hydrogen) atoms. The highest BCUT2D eigenvalue weighted by Crippen LogP contribution is 2.44. The molecular weight excluding hydrogens is 536 g/mol. The third kappa shape index (κ3) is 5.06. The van der Waals surface area contributed by atoms with Gasteiger partial charge in [0, 0.05) is 29.2 Å². The van der Waals surface area contributed by atoms with Crippen LogP contribution in [0.1, 0.15) is 72.6 Å². The number of benzene rings is 1. The summed E-state index contributed by atoms with van der Waals surface area (Å²) >= 11 is 1.80. The number of nitrogens with zero attached hydrogens (tertiary/aromatic N) is 3. The summed E-state index contributed by atoms with van der Waals surface area (Å²) in [6.07, 6.45) is 9.62. The topological polar surface area (TPSA) is 52.2 Å². The quantitative estimate of drug-likeness (QED) is 0.238. The highest BCUT2D eigenvalue weighted by atomic mass is 32.1. The Morgan fingerprint density at radius 3 is 2.31 bits per heavy atom. The van der Waals surface area contributed by atoms with E-state index >= 15 is 0 Å². The Morgan fingerprint density at radius 2 is 1.67 bits per heavy atom. The van der Waals surface area contributed by atoms with Crippen molar-refractivity contribution in [3.63, 3.8) is 0 Å². The molecule has 3 aromatic heterocycles. The van der Waals surface area contributed by atoms with Gasteiger partial charge in [0.05, 0.1) is 17.2 Å². The van der Waals surface area contributed by atoms with Crippen molar-refractivity contribution in [3.05, 3.63) is 75.9 Å². The van der Waals surface area contributed by atoms with Crippen LogP contribution in [0.25, 0.3) is 21.5 Å². The van der Waals surface area contributed by atoms with Gasteiger partial charge in [-0.3, -0.25) is 14.7 Å². The Morgan fingerprint density at radius 1 is 0.976 bits per heavy atom. The molecule has 1 N–H and O–H groups in total. The number of thiophene rings is 1. The van der Waals surface area contributed by atoms with Crippen LogP contribution < -0.4 is 0 Å². The number of nitrogens with one attached hydrogen (secondary N) is 1. The van der Waals surface area contributed by atoms with Crippen molar-refractivity contribution >= 4 is 27.3 Å². The second-order valence-electron chi connectivity index (χ2n) is 13.7. The predicted molar refractivity (Wildman–Crippen MR) is 174 cm³/mol. The van der Waals surface area contributed by atoms with Gasteiger partial charge in [-0.25, -0.2) is 0 Å². The van der Waals surface area contributed by atoms with Gasteiger partial charge in [0.15, 0.2) is 5.78 Å².